The van der Waals surface area contributed by atoms with E-state index in [1.54, 1.807) is 11.5 Å². The van der Waals surface area contributed by atoms with Crippen LogP contribution >= 0.6 is 0 Å². The number of hydrogen-bond acceptors (Lipinski definition) is 2. The molecule has 0 saturated heterocycles. The Morgan fingerprint density at radius 2 is 2.09 bits per heavy atom. The normalized spacial score (nSPS) is 14.9. The van der Waals surface area contributed by atoms with E-state index in [0.717, 1.165) is 6.07 Å². The molecule has 1 aromatic carbocycles. The molecule has 1 aliphatic rings. The zero-order valence-electron chi connectivity index (χ0n) is 11.6. The van der Waals surface area contributed by atoms with Crippen LogP contribution in [0.15, 0.2) is 12.1 Å². The van der Waals surface area contributed by atoms with E-state index in [-0.39, 0.29) is 11.7 Å². The summed E-state index contributed by atoms with van der Waals surface area (Å²) in [5.41, 5.74) is 1.15. The van der Waals surface area contributed by atoms with Crippen LogP contribution in [-0.4, -0.2) is 29.8 Å². The molecule has 0 fully saturated rings. The molecule has 1 N–H and O–H groups in total. The molecule has 4 nitrogen and oxygen atoms in total. The Kier molecular flexibility index (Phi) is 3.26. The van der Waals surface area contributed by atoms with Crippen LogP contribution in [0.2, 0.25) is 0 Å². The van der Waals surface area contributed by atoms with Gasteiger partial charge in [-0.2, -0.15) is 13.2 Å². The number of alkyl halides is 3. The van der Waals surface area contributed by atoms with Gasteiger partial charge in [-0.1, -0.05) is 0 Å². The van der Waals surface area contributed by atoms with Crippen molar-refractivity contribution >= 4 is 16.8 Å². The van der Waals surface area contributed by atoms with Gasteiger partial charge in [0.2, 0.25) is 0 Å². The summed E-state index contributed by atoms with van der Waals surface area (Å²) in [6, 6.07) is 2.11. The molecule has 0 bridgehead atoms. The third kappa shape index (κ3) is 2.38. The molecular formula is C14H12F4N2O2. The fourth-order valence-corrected chi connectivity index (χ4v) is 2.73. The zero-order valence-corrected chi connectivity index (χ0v) is 11.6. The molecule has 1 aliphatic heterocycles. The lowest BCUT2D eigenvalue weighted by Gasteiger charge is -2.18. The number of benzene rings is 1. The molecule has 2 aromatic rings. The SMILES string of the molecule is Cc1c2n(c3c(OCC(F)(F)F)cc(F)cc13)CCNC2=O. The molecule has 22 heavy (non-hydrogen) atoms. The molecule has 0 atom stereocenters. The monoisotopic (exact) mass is 316 g/mol. The number of amides is 1. The summed E-state index contributed by atoms with van der Waals surface area (Å²) in [7, 11) is 0. The molecule has 0 radical (unpaired) electrons. The van der Waals surface area contributed by atoms with Crippen molar-refractivity contribution < 1.29 is 27.1 Å². The second kappa shape index (κ2) is 4.89. The maximum absolute atomic E-state index is 13.7. The predicted molar refractivity (Wildman–Crippen MR) is 70.5 cm³/mol. The smallest absolute Gasteiger partial charge is 0.422 e. The molecule has 8 heteroatoms. The summed E-state index contributed by atoms with van der Waals surface area (Å²) in [5, 5.41) is 3.03. The summed E-state index contributed by atoms with van der Waals surface area (Å²) in [4.78, 5) is 11.9. The Morgan fingerprint density at radius 3 is 2.77 bits per heavy atom. The minimum absolute atomic E-state index is 0.212. The van der Waals surface area contributed by atoms with Crippen LogP contribution in [0.1, 0.15) is 16.1 Å². The van der Waals surface area contributed by atoms with Gasteiger partial charge in [-0.3, -0.25) is 4.79 Å². The molecule has 2 heterocycles. The van der Waals surface area contributed by atoms with Crippen LogP contribution in [0.25, 0.3) is 10.9 Å². The zero-order chi connectivity index (χ0) is 16.1. The standard InChI is InChI=1S/C14H12F4N2O2/c1-7-9-4-8(15)5-10(22-6-14(16,17)18)12(9)20-3-2-19-13(21)11(7)20/h4-5H,2-3,6H2,1H3,(H,19,21). The van der Waals surface area contributed by atoms with E-state index in [9.17, 15) is 22.4 Å². The highest BCUT2D eigenvalue weighted by Crippen LogP contribution is 2.35. The Morgan fingerprint density at radius 1 is 1.36 bits per heavy atom. The van der Waals surface area contributed by atoms with Gasteiger partial charge in [-0.05, 0) is 18.6 Å². The Labute approximate surface area is 122 Å². The Balaban J connectivity index is 2.20. The van der Waals surface area contributed by atoms with E-state index < -0.39 is 18.6 Å². The number of halogens is 4. The van der Waals surface area contributed by atoms with Crippen molar-refractivity contribution in [3.63, 3.8) is 0 Å². The highest BCUT2D eigenvalue weighted by atomic mass is 19.4. The van der Waals surface area contributed by atoms with E-state index in [1.807, 2.05) is 0 Å². The van der Waals surface area contributed by atoms with Gasteiger partial charge in [-0.15, -0.1) is 0 Å². The lowest BCUT2D eigenvalue weighted by Crippen LogP contribution is -2.35. The number of aryl methyl sites for hydroxylation is 1. The summed E-state index contributed by atoms with van der Waals surface area (Å²) in [6.45, 7) is 0.855. The van der Waals surface area contributed by atoms with Crippen LogP contribution in [0.5, 0.6) is 5.75 Å². The van der Waals surface area contributed by atoms with Crippen LogP contribution < -0.4 is 10.1 Å². The number of nitrogens with zero attached hydrogens (tertiary/aromatic N) is 1. The largest absolute Gasteiger partial charge is 0.482 e. The van der Waals surface area contributed by atoms with Gasteiger partial charge < -0.3 is 14.6 Å². The van der Waals surface area contributed by atoms with Crippen LogP contribution in [-0.2, 0) is 6.54 Å². The first-order valence-electron chi connectivity index (χ1n) is 6.58. The summed E-state index contributed by atoms with van der Waals surface area (Å²) >= 11 is 0. The maximum Gasteiger partial charge on any atom is 0.422 e. The first-order chi connectivity index (χ1) is 10.3. The van der Waals surface area contributed by atoms with E-state index in [4.69, 9.17) is 4.74 Å². The average molecular weight is 316 g/mol. The maximum atomic E-state index is 13.7. The fraction of sp³-hybridized carbons (Fsp3) is 0.357. The highest BCUT2D eigenvalue weighted by molar-refractivity contribution is 6.03. The van der Waals surface area contributed by atoms with E-state index in [2.05, 4.69) is 5.32 Å². The predicted octanol–water partition coefficient (Wildman–Crippen LogP) is 2.77. The number of carbonyl (C=O) groups is 1. The lowest BCUT2D eigenvalue weighted by molar-refractivity contribution is -0.153. The number of nitrogens with one attached hydrogen (secondary N) is 1. The van der Waals surface area contributed by atoms with E-state index >= 15 is 0 Å². The molecule has 0 unspecified atom stereocenters. The van der Waals surface area contributed by atoms with Crippen LogP contribution in [0.3, 0.4) is 0 Å². The first-order valence-corrected chi connectivity index (χ1v) is 6.58. The second-order valence-corrected chi connectivity index (χ2v) is 5.09. The third-order valence-corrected chi connectivity index (χ3v) is 3.57. The molecule has 118 valence electrons. The number of aromatic nitrogens is 1. The van der Waals surface area contributed by atoms with Gasteiger partial charge in [-0.25, -0.2) is 4.39 Å². The van der Waals surface area contributed by atoms with Gasteiger partial charge in [0.25, 0.3) is 5.91 Å². The fourth-order valence-electron chi connectivity index (χ4n) is 2.73. The van der Waals surface area contributed by atoms with Crippen molar-refractivity contribution in [1.29, 1.82) is 0 Å². The number of rotatable bonds is 2. The average Bonchev–Trinajstić information content (AvgIpc) is 2.70. The number of ether oxygens (including phenoxy) is 1. The van der Waals surface area contributed by atoms with Crippen LogP contribution in [0, 0.1) is 12.7 Å². The molecule has 1 amide bonds. The molecule has 0 spiro atoms. The molecule has 0 aliphatic carbocycles. The second-order valence-electron chi connectivity index (χ2n) is 5.09. The van der Waals surface area contributed by atoms with Gasteiger partial charge in [0.15, 0.2) is 6.61 Å². The van der Waals surface area contributed by atoms with E-state index in [1.165, 1.54) is 6.07 Å². The van der Waals surface area contributed by atoms with Gasteiger partial charge in [0.1, 0.15) is 17.3 Å². The minimum Gasteiger partial charge on any atom is -0.482 e. The summed E-state index contributed by atoms with van der Waals surface area (Å²) in [6.07, 6.45) is -4.53. The van der Waals surface area contributed by atoms with Gasteiger partial charge in [0, 0.05) is 24.5 Å². The van der Waals surface area contributed by atoms with Crippen molar-refractivity contribution in [3.05, 3.63) is 29.2 Å². The van der Waals surface area contributed by atoms with Crippen LogP contribution in [0.4, 0.5) is 17.6 Å². The lowest BCUT2D eigenvalue weighted by atomic mass is 10.1. The number of fused-ring (bicyclic) bond motifs is 3. The Bertz CT molecular complexity index is 765. The molecule has 1 aromatic heterocycles. The number of carbonyl (C=O) groups excluding carboxylic acids is 1. The van der Waals surface area contributed by atoms with Gasteiger partial charge >= 0.3 is 6.18 Å². The molecule has 0 saturated carbocycles. The van der Waals surface area contributed by atoms with Crippen molar-refractivity contribution in [2.75, 3.05) is 13.2 Å². The molecular weight excluding hydrogens is 304 g/mol. The van der Waals surface area contributed by atoms with Crippen molar-refractivity contribution in [1.82, 2.24) is 9.88 Å². The Hall–Kier alpha value is -2.25. The van der Waals surface area contributed by atoms with Crippen molar-refractivity contribution in [2.45, 2.75) is 19.6 Å². The first kappa shape index (κ1) is 14.7. The minimum atomic E-state index is -4.53. The third-order valence-electron chi connectivity index (χ3n) is 3.57. The molecule has 3 rings (SSSR count). The van der Waals surface area contributed by atoms with Crippen molar-refractivity contribution in [2.24, 2.45) is 0 Å². The van der Waals surface area contributed by atoms with Crippen molar-refractivity contribution in [3.8, 4) is 5.75 Å². The quantitative estimate of drug-likeness (QED) is 0.866. The summed E-state index contributed by atoms with van der Waals surface area (Å²) < 4.78 is 57.1. The number of hydrogen-bond donors (Lipinski definition) is 1. The van der Waals surface area contributed by atoms with Gasteiger partial charge in [0.05, 0.1) is 5.52 Å². The summed E-state index contributed by atoms with van der Waals surface area (Å²) in [5.74, 6) is -1.25. The topological polar surface area (TPSA) is 43.3 Å². The van der Waals surface area contributed by atoms with E-state index in [0.29, 0.717) is 35.2 Å². The highest BCUT2D eigenvalue weighted by Gasteiger charge is 2.30.